The van der Waals surface area contributed by atoms with Crippen LogP contribution in [0.1, 0.15) is 26.9 Å². The van der Waals surface area contributed by atoms with Crippen molar-refractivity contribution < 1.29 is 0 Å². The summed E-state index contributed by atoms with van der Waals surface area (Å²) in [7, 11) is 2.03. The van der Waals surface area contributed by atoms with Gasteiger partial charge in [-0.15, -0.1) is 11.3 Å². The number of nitrogens with one attached hydrogen (secondary N) is 1. The van der Waals surface area contributed by atoms with E-state index < -0.39 is 0 Å². The van der Waals surface area contributed by atoms with Crippen molar-refractivity contribution in [3.63, 3.8) is 0 Å². The molecule has 3 heteroatoms. The Morgan fingerprint density at radius 1 is 1.00 bits per heavy atom. The molecule has 3 rings (SSSR count). The van der Waals surface area contributed by atoms with Gasteiger partial charge in [-0.2, -0.15) is 0 Å². The van der Waals surface area contributed by atoms with Crippen molar-refractivity contribution in [3.05, 3.63) is 67.8 Å². The van der Waals surface area contributed by atoms with E-state index in [0.29, 0.717) is 0 Å². The highest BCUT2D eigenvalue weighted by molar-refractivity contribution is 9.10. The topological polar surface area (TPSA) is 12.0 Å². The molecule has 0 aliphatic heterocycles. The second kappa shape index (κ2) is 5.91. The van der Waals surface area contributed by atoms with Crippen molar-refractivity contribution in [3.8, 4) is 0 Å². The molecule has 0 radical (unpaired) electrons. The maximum atomic E-state index is 3.53. The Kier molecular flexibility index (Phi) is 4.16. The normalized spacial score (nSPS) is 12.8. The third kappa shape index (κ3) is 2.91. The molecule has 1 N–H and O–H groups in total. The van der Waals surface area contributed by atoms with Gasteiger partial charge < -0.3 is 5.32 Å². The number of hydrogen-bond donors (Lipinski definition) is 1. The van der Waals surface area contributed by atoms with Crippen LogP contribution in [0.5, 0.6) is 0 Å². The third-order valence-electron chi connectivity index (χ3n) is 3.84. The molecule has 0 saturated heterocycles. The summed E-state index contributed by atoms with van der Waals surface area (Å²) in [6, 6.07) is 15.7. The predicted molar refractivity (Wildman–Crippen MR) is 96.3 cm³/mol. The van der Waals surface area contributed by atoms with Gasteiger partial charge in [-0.05, 0) is 67.1 Å². The summed E-state index contributed by atoms with van der Waals surface area (Å²) in [5, 5.41) is 6.01. The molecule has 1 unspecified atom stereocenters. The number of halogens is 1. The van der Waals surface area contributed by atoms with E-state index in [-0.39, 0.29) is 6.04 Å². The second-order valence-electron chi connectivity index (χ2n) is 5.34. The van der Waals surface area contributed by atoms with Gasteiger partial charge in [0.1, 0.15) is 0 Å². The number of aryl methyl sites for hydroxylation is 2. The lowest BCUT2D eigenvalue weighted by Gasteiger charge is -2.17. The molecule has 1 heterocycles. The lowest BCUT2D eigenvalue weighted by molar-refractivity contribution is 0.691. The summed E-state index contributed by atoms with van der Waals surface area (Å²) >= 11 is 5.40. The van der Waals surface area contributed by atoms with Gasteiger partial charge in [-0.25, -0.2) is 0 Å². The fourth-order valence-electron chi connectivity index (χ4n) is 2.85. The van der Waals surface area contributed by atoms with Crippen molar-refractivity contribution in [2.45, 2.75) is 19.9 Å². The van der Waals surface area contributed by atoms with Gasteiger partial charge in [0.25, 0.3) is 0 Å². The molecular formula is C18H18BrNS. The lowest BCUT2D eigenvalue weighted by Crippen LogP contribution is -2.17. The molecule has 0 aliphatic rings. The molecule has 0 amide bonds. The van der Waals surface area contributed by atoms with E-state index in [0.717, 1.165) is 4.47 Å². The van der Waals surface area contributed by atoms with Crippen LogP contribution in [0.25, 0.3) is 10.8 Å². The first-order valence-corrected chi connectivity index (χ1v) is 8.63. The first-order chi connectivity index (χ1) is 10.1. The minimum Gasteiger partial charge on any atom is -0.309 e. The highest BCUT2D eigenvalue weighted by Crippen LogP contribution is 2.32. The van der Waals surface area contributed by atoms with Crippen molar-refractivity contribution in [2.75, 3.05) is 7.05 Å². The van der Waals surface area contributed by atoms with Crippen LogP contribution in [-0.4, -0.2) is 7.05 Å². The van der Waals surface area contributed by atoms with Gasteiger partial charge in [0.2, 0.25) is 0 Å². The third-order valence-corrected chi connectivity index (χ3v) is 5.31. The van der Waals surface area contributed by atoms with Gasteiger partial charge in [0, 0.05) is 14.2 Å². The second-order valence-corrected chi connectivity index (χ2v) is 7.72. The van der Waals surface area contributed by atoms with Crippen LogP contribution in [0.15, 0.2) is 46.9 Å². The van der Waals surface area contributed by atoms with E-state index in [1.165, 1.54) is 31.7 Å². The monoisotopic (exact) mass is 359 g/mol. The zero-order valence-corrected chi connectivity index (χ0v) is 14.8. The quantitative estimate of drug-likeness (QED) is 0.642. The van der Waals surface area contributed by atoms with Crippen LogP contribution < -0.4 is 5.32 Å². The zero-order valence-electron chi connectivity index (χ0n) is 12.4. The summed E-state index contributed by atoms with van der Waals surface area (Å²) in [5.41, 5.74) is 2.70. The molecule has 1 aromatic heterocycles. The molecule has 0 fully saturated rings. The minimum atomic E-state index is 0.253. The van der Waals surface area contributed by atoms with Gasteiger partial charge in [0.05, 0.1) is 6.04 Å². The van der Waals surface area contributed by atoms with Crippen molar-refractivity contribution in [1.82, 2.24) is 5.32 Å². The van der Waals surface area contributed by atoms with E-state index in [2.05, 4.69) is 77.6 Å². The lowest BCUT2D eigenvalue weighted by atomic mass is 9.96. The fourth-order valence-corrected chi connectivity index (χ4v) is 4.20. The van der Waals surface area contributed by atoms with E-state index in [4.69, 9.17) is 0 Å². The zero-order chi connectivity index (χ0) is 15.0. The van der Waals surface area contributed by atoms with Crippen LogP contribution in [-0.2, 0) is 0 Å². The highest BCUT2D eigenvalue weighted by Gasteiger charge is 2.16. The molecule has 3 aromatic rings. The van der Waals surface area contributed by atoms with Crippen molar-refractivity contribution in [1.29, 1.82) is 0 Å². The molecule has 0 aliphatic carbocycles. The van der Waals surface area contributed by atoms with E-state index in [1.807, 2.05) is 18.4 Å². The molecule has 108 valence electrons. The summed E-state index contributed by atoms with van der Waals surface area (Å²) in [4.78, 5) is 2.76. The Bertz CT molecular complexity index is 791. The molecule has 0 bridgehead atoms. The van der Waals surface area contributed by atoms with Crippen LogP contribution in [0.3, 0.4) is 0 Å². The summed E-state index contributed by atoms with van der Waals surface area (Å²) in [5.74, 6) is 0. The largest absolute Gasteiger partial charge is 0.309 e. The fraction of sp³-hybridized carbons (Fsp3) is 0.222. The summed E-state index contributed by atoms with van der Waals surface area (Å²) in [6.07, 6.45) is 0. The Morgan fingerprint density at radius 2 is 1.71 bits per heavy atom. The number of benzene rings is 2. The number of thiophene rings is 1. The van der Waals surface area contributed by atoms with Crippen LogP contribution in [0.4, 0.5) is 0 Å². The summed E-state index contributed by atoms with van der Waals surface area (Å²) in [6.45, 7) is 4.38. The maximum absolute atomic E-state index is 3.53. The Morgan fingerprint density at radius 3 is 2.38 bits per heavy atom. The first-order valence-electron chi connectivity index (χ1n) is 7.02. The average molecular weight is 360 g/mol. The van der Waals surface area contributed by atoms with Crippen LogP contribution in [0, 0.1) is 13.8 Å². The van der Waals surface area contributed by atoms with Gasteiger partial charge in [-0.3, -0.25) is 0 Å². The van der Waals surface area contributed by atoms with Gasteiger partial charge in [-0.1, -0.05) is 34.1 Å². The number of fused-ring (bicyclic) bond motifs is 1. The first kappa shape index (κ1) is 14.8. The van der Waals surface area contributed by atoms with Crippen LogP contribution >= 0.6 is 27.3 Å². The Balaban J connectivity index is 2.08. The smallest absolute Gasteiger partial charge is 0.0585 e. The number of hydrogen-bond acceptors (Lipinski definition) is 2. The molecule has 0 saturated carbocycles. The standard InChI is InChI=1S/C18H18BrNS/c1-11-8-17(12(2)21-11)18(20-3)15-5-4-14-10-16(19)7-6-13(14)9-15/h4-10,18,20H,1-3H3. The van der Waals surface area contributed by atoms with Crippen LogP contribution in [0.2, 0.25) is 0 Å². The highest BCUT2D eigenvalue weighted by atomic mass is 79.9. The Labute approximate surface area is 138 Å². The average Bonchev–Trinajstić information content (AvgIpc) is 2.79. The minimum absolute atomic E-state index is 0.253. The summed E-state index contributed by atoms with van der Waals surface area (Å²) < 4.78 is 1.12. The molecule has 0 spiro atoms. The van der Waals surface area contributed by atoms with E-state index in [1.54, 1.807) is 0 Å². The van der Waals surface area contributed by atoms with E-state index >= 15 is 0 Å². The number of rotatable bonds is 3. The SMILES string of the molecule is CNC(c1ccc2cc(Br)ccc2c1)c1cc(C)sc1C. The molecular weight excluding hydrogens is 342 g/mol. The van der Waals surface area contributed by atoms with Crippen molar-refractivity contribution in [2.24, 2.45) is 0 Å². The molecule has 1 nitrogen and oxygen atoms in total. The van der Waals surface area contributed by atoms with Gasteiger partial charge >= 0.3 is 0 Å². The molecule has 21 heavy (non-hydrogen) atoms. The predicted octanol–water partition coefficient (Wildman–Crippen LogP) is 5.59. The van der Waals surface area contributed by atoms with Crippen molar-refractivity contribution >= 4 is 38.0 Å². The molecule has 2 aromatic carbocycles. The van der Waals surface area contributed by atoms with Gasteiger partial charge in [0.15, 0.2) is 0 Å². The Hall–Kier alpha value is -1.16. The maximum Gasteiger partial charge on any atom is 0.0585 e. The molecule has 1 atom stereocenters. The van der Waals surface area contributed by atoms with E-state index in [9.17, 15) is 0 Å².